The maximum Gasteiger partial charge on any atom is 0.228 e. The predicted molar refractivity (Wildman–Crippen MR) is 92.4 cm³/mol. The highest BCUT2D eigenvalue weighted by atomic mass is 16.5. The second kappa shape index (κ2) is 7.63. The molecule has 2 aromatic rings. The molecule has 130 valence electrons. The van der Waals surface area contributed by atoms with E-state index in [-0.39, 0.29) is 0 Å². The fourth-order valence-corrected chi connectivity index (χ4v) is 2.97. The molecule has 1 saturated heterocycles. The normalized spacial score (nSPS) is 16.3. The molecular weight excluding hydrogens is 306 g/mol. The van der Waals surface area contributed by atoms with Crippen molar-refractivity contribution >= 4 is 11.6 Å². The number of benzene rings is 1. The summed E-state index contributed by atoms with van der Waals surface area (Å²) in [6.45, 7) is 3.07. The molecule has 24 heavy (non-hydrogen) atoms. The summed E-state index contributed by atoms with van der Waals surface area (Å²) in [6.07, 6.45) is 2.09. The van der Waals surface area contributed by atoms with Crippen molar-refractivity contribution in [3.05, 3.63) is 30.1 Å². The molecule has 1 fully saturated rings. The predicted octanol–water partition coefficient (Wildman–Crippen LogP) is 1.77. The molecule has 7 heteroatoms. The van der Waals surface area contributed by atoms with E-state index in [2.05, 4.69) is 20.4 Å². The van der Waals surface area contributed by atoms with Crippen molar-refractivity contribution in [3.8, 4) is 5.75 Å². The van der Waals surface area contributed by atoms with E-state index in [1.54, 1.807) is 7.11 Å². The van der Waals surface area contributed by atoms with E-state index in [1.807, 2.05) is 35.9 Å². The second-order valence-corrected chi connectivity index (χ2v) is 6.26. The standard InChI is InChI=1S/C17H25N5O2/c1-21-16(11-22-8-6-13(12-23)7-9-22)19-20-17(21)18-14-4-3-5-15(10-14)24-2/h3-5,10,13,23H,6-9,11-12H2,1-2H3,(H,18,20). The number of nitrogens with zero attached hydrogens (tertiary/aromatic N) is 4. The number of hydrogen-bond donors (Lipinski definition) is 2. The van der Waals surface area contributed by atoms with Crippen LogP contribution in [0.3, 0.4) is 0 Å². The van der Waals surface area contributed by atoms with Crippen molar-refractivity contribution in [1.82, 2.24) is 19.7 Å². The van der Waals surface area contributed by atoms with Crippen LogP contribution in [0.15, 0.2) is 24.3 Å². The van der Waals surface area contributed by atoms with Gasteiger partial charge in [0.2, 0.25) is 5.95 Å². The van der Waals surface area contributed by atoms with Gasteiger partial charge in [-0.15, -0.1) is 10.2 Å². The monoisotopic (exact) mass is 331 g/mol. The van der Waals surface area contributed by atoms with Gasteiger partial charge in [0.05, 0.1) is 13.7 Å². The molecule has 0 radical (unpaired) electrons. The first-order valence-electron chi connectivity index (χ1n) is 8.32. The summed E-state index contributed by atoms with van der Waals surface area (Å²) in [7, 11) is 3.62. The van der Waals surface area contributed by atoms with Crippen LogP contribution >= 0.6 is 0 Å². The minimum atomic E-state index is 0.298. The topological polar surface area (TPSA) is 75.4 Å². The van der Waals surface area contributed by atoms with Crippen LogP contribution in [0.2, 0.25) is 0 Å². The zero-order valence-corrected chi connectivity index (χ0v) is 14.3. The molecule has 7 nitrogen and oxygen atoms in total. The zero-order valence-electron chi connectivity index (χ0n) is 14.3. The van der Waals surface area contributed by atoms with Crippen molar-refractivity contribution in [1.29, 1.82) is 0 Å². The van der Waals surface area contributed by atoms with Crippen molar-refractivity contribution in [2.24, 2.45) is 13.0 Å². The zero-order chi connectivity index (χ0) is 16.9. The minimum absolute atomic E-state index is 0.298. The number of piperidine rings is 1. The SMILES string of the molecule is COc1cccc(Nc2nnc(CN3CCC(CO)CC3)n2C)c1. The Labute approximate surface area is 142 Å². The highest BCUT2D eigenvalue weighted by molar-refractivity contribution is 5.56. The molecule has 0 spiro atoms. The summed E-state index contributed by atoms with van der Waals surface area (Å²) in [5.74, 6) is 2.89. The van der Waals surface area contributed by atoms with E-state index in [0.29, 0.717) is 18.5 Å². The number of aliphatic hydroxyl groups excluding tert-OH is 1. The molecule has 2 N–H and O–H groups in total. The molecule has 0 amide bonds. The van der Waals surface area contributed by atoms with Gasteiger partial charge in [-0.05, 0) is 44.0 Å². The van der Waals surface area contributed by atoms with Crippen LogP contribution in [-0.4, -0.2) is 51.6 Å². The first kappa shape index (κ1) is 16.7. The van der Waals surface area contributed by atoms with E-state index in [4.69, 9.17) is 4.74 Å². The van der Waals surface area contributed by atoms with E-state index < -0.39 is 0 Å². The molecule has 0 atom stereocenters. The fraction of sp³-hybridized carbons (Fsp3) is 0.529. The lowest BCUT2D eigenvalue weighted by atomic mass is 9.98. The number of rotatable bonds is 6. The Morgan fingerprint density at radius 3 is 2.79 bits per heavy atom. The maximum absolute atomic E-state index is 9.23. The molecule has 0 bridgehead atoms. The highest BCUT2D eigenvalue weighted by Crippen LogP contribution is 2.22. The molecule has 0 aliphatic carbocycles. The fourth-order valence-electron chi connectivity index (χ4n) is 2.97. The lowest BCUT2D eigenvalue weighted by Gasteiger charge is -2.30. The number of aliphatic hydroxyl groups is 1. The van der Waals surface area contributed by atoms with Crippen LogP contribution < -0.4 is 10.1 Å². The Morgan fingerprint density at radius 2 is 2.08 bits per heavy atom. The number of aromatic nitrogens is 3. The van der Waals surface area contributed by atoms with Crippen LogP contribution in [0.4, 0.5) is 11.6 Å². The average molecular weight is 331 g/mol. The molecule has 1 aromatic heterocycles. The molecule has 0 unspecified atom stereocenters. The summed E-state index contributed by atoms with van der Waals surface area (Å²) in [4.78, 5) is 2.37. The summed E-state index contributed by atoms with van der Waals surface area (Å²) < 4.78 is 7.22. The second-order valence-electron chi connectivity index (χ2n) is 6.26. The van der Waals surface area contributed by atoms with Crippen LogP contribution in [0, 0.1) is 5.92 Å². The lowest BCUT2D eigenvalue weighted by Crippen LogP contribution is -2.35. The van der Waals surface area contributed by atoms with Crippen LogP contribution in [-0.2, 0) is 13.6 Å². The Kier molecular flexibility index (Phi) is 5.32. The molecular formula is C17H25N5O2. The van der Waals surface area contributed by atoms with E-state index in [0.717, 1.165) is 49.7 Å². The largest absolute Gasteiger partial charge is 0.497 e. The first-order valence-corrected chi connectivity index (χ1v) is 8.32. The smallest absolute Gasteiger partial charge is 0.228 e. The van der Waals surface area contributed by atoms with Crippen LogP contribution in [0.5, 0.6) is 5.75 Å². The number of ether oxygens (including phenoxy) is 1. The van der Waals surface area contributed by atoms with Gasteiger partial charge in [-0.25, -0.2) is 0 Å². The van der Waals surface area contributed by atoms with Crippen molar-refractivity contribution in [2.75, 3.05) is 32.1 Å². The van der Waals surface area contributed by atoms with Crippen molar-refractivity contribution in [2.45, 2.75) is 19.4 Å². The number of nitrogens with one attached hydrogen (secondary N) is 1. The van der Waals surface area contributed by atoms with Gasteiger partial charge in [-0.1, -0.05) is 6.07 Å². The van der Waals surface area contributed by atoms with Gasteiger partial charge in [0, 0.05) is 25.4 Å². The van der Waals surface area contributed by atoms with Gasteiger partial charge < -0.3 is 15.2 Å². The summed E-state index contributed by atoms with van der Waals surface area (Å²) in [6, 6.07) is 7.73. The molecule has 1 aliphatic rings. The number of hydrogen-bond acceptors (Lipinski definition) is 6. The molecule has 0 saturated carbocycles. The number of anilines is 2. The van der Waals surface area contributed by atoms with Crippen molar-refractivity contribution < 1.29 is 9.84 Å². The van der Waals surface area contributed by atoms with E-state index >= 15 is 0 Å². The number of methoxy groups -OCH3 is 1. The molecule has 1 aliphatic heterocycles. The highest BCUT2D eigenvalue weighted by Gasteiger charge is 2.20. The van der Waals surface area contributed by atoms with Gasteiger partial charge in [-0.3, -0.25) is 9.47 Å². The maximum atomic E-state index is 9.23. The Balaban J connectivity index is 1.63. The summed E-state index contributed by atoms with van der Waals surface area (Å²) >= 11 is 0. The summed E-state index contributed by atoms with van der Waals surface area (Å²) in [5.41, 5.74) is 0.917. The minimum Gasteiger partial charge on any atom is -0.497 e. The molecule has 2 heterocycles. The third-order valence-electron chi connectivity index (χ3n) is 4.62. The Bertz CT molecular complexity index is 665. The van der Waals surface area contributed by atoms with Gasteiger partial charge in [-0.2, -0.15) is 0 Å². The van der Waals surface area contributed by atoms with Crippen LogP contribution in [0.25, 0.3) is 0 Å². The average Bonchev–Trinajstić information content (AvgIpc) is 2.96. The molecule has 3 rings (SSSR count). The summed E-state index contributed by atoms with van der Waals surface area (Å²) in [5, 5.41) is 21.1. The molecule has 1 aromatic carbocycles. The van der Waals surface area contributed by atoms with Gasteiger partial charge in [0.15, 0.2) is 0 Å². The Hall–Kier alpha value is -2.12. The van der Waals surface area contributed by atoms with Gasteiger partial charge in [0.25, 0.3) is 0 Å². The Morgan fingerprint density at radius 1 is 1.29 bits per heavy atom. The number of likely N-dealkylation sites (tertiary alicyclic amines) is 1. The van der Waals surface area contributed by atoms with Gasteiger partial charge in [0.1, 0.15) is 11.6 Å². The third-order valence-corrected chi connectivity index (χ3v) is 4.62. The van der Waals surface area contributed by atoms with Crippen LogP contribution in [0.1, 0.15) is 18.7 Å². The third kappa shape index (κ3) is 3.85. The van der Waals surface area contributed by atoms with E-state index in [1.165, 1.54) is 0 Å². The lowest BCUT2D eigenvalue weighted by molar-refractivity contribution is 0.125. The first-order chi connectivity index (χ1) is 11.7. The van der Waals surface area contributed by atoms with Crippen molar-refractivity contribution in [3.63, 3.8) is 0 Å². The van der Waals surface area contributed by atoms with Gasteiger partial charge >= 0.3 is 0 Å². The van der Waals surface area contributed by atoms with E-state index in [9.17, 15) is 5.11 Å². The quantitative estimate of drug-likeness (QED) is 0.840.